The van der Waals surface area contributed by atoms with Gasteiger partial charge in [-0.1, -0.05) is 43.9 Å². The Morgan fingerprint density at radius 2 is 2.05 bits per heavy atom. The third-order valence-corrected chi connectivity index (χ3v) is 7.64. The van der Waals surface area contributed by atoms with E-state index in [0.717, 1.165) is 24.2 Å². The summed E-state index contributed by atoms with van der Waals surface area (Å²) >= 11 is 0. The van der Waals surface area contributed by atoms with Gasteiger partial charge in [0.05, 0.1) is 21.1 Å². The minimum atomic E-state index is -2.52. The lowest BCUT2D eigenvalue weighted by Gasteiger charge is -2.31. The second-order valence-corrected chi connectivity index (χ2v) is 8.99. The summed E-state index contributed by atoms with van der Waals surface area (Å²) in [6, 6.07) is 9.43. The summed E-state index contributed by atoms with van der Waals surface area (Å²) in [5.74, 6) is 1.28. The highest BCUT2D eigenvalue weighted by Crippen LogP contribution is 2.53. The van der Waals surface area contributed by atoms with E-state index in [2.05, 4.69) is 4.36 Å². The predicted octanol–water partition coefficient (Wildman–Crippen LogP) is 3.47. The monoisotopic (exact) mass is 307 g/mol. The Kier molecular flexibility index (Phi) is 4.10. The normalized spacial score (nSPS) is 35.0. The van der Waals surface area contributed by atoms with Crippen molar-refractivity contribution in [2.75, 3.05) is 12.8 Å². The van der Waals surface area contributed by atoms with Gasteiger partial charge in [0.1, 0.15) is 0 Å². The van der Waals surface area contributed by atoms with E-state index in [4.69, 9.17) is 0 Å². The lowest BCUT2D eigenvalue weighted by molar-refractivity contribution is 0.0203. The topological polar surface area (TPSA) is 49.7 Å². The first-order valence-electron chi connectivity index (χ1n) is 7.98. The quantitative estimate of drug-likeness (QED) is 0.929. The van der Waals surface area contributed by atoms with E-state index in [1.807, 2.05) is 30.3 Å². The molecule has 1 aromatic carbocycles. The van der Waals surface area contributed by atoms with Crippen LogP contribution < -0.4 is 0 Å². The molecule has 0 bridgehead atoms. The van der Waals surface area contributed by atoms with Crippen LogP contribution in [0.25, 0.3) is 0 Å². The van der Waals surface area contributed by atoms with E-state index in [9.17, 15) is 9.32 Å². The van der Waals surface area contributed by atoms with Crippen LogP contribution in [0.4, 0.5) is 0 Å². The van der Waals surface area contributed by atoms with Gasteiger partial charge in [-0.2, -0.15) is 0 Å². The van der Waals surface area contributed by atoms with E-state index < -0.39 is 15.3 Å². The minimum absolute atomic E-state index is 0.293. The molecule has 4 atom stereocenters. The van der Waals surface area contributed by atoms with Gasteiger partial charge in [0.25, 0.3) is 0 Å². The molecule has 1 N–H and O–H groups in total. The number of aliphatic hydroxyl groups is 1. The number of hydrogen-bond donors (Lipinski definition) is 1. The van der Waals surface area contributed by atoms with Crippen LogP contribution >= 0.6 is 0 Å². The molecule has 2 aliphatic rings. The highest BCUT2D eigenvalue weighted by Gasteiger charge is 2.52. The zero-order chi connectivity index (χ0) is 14.9. The molecular weight excluding hydrogens is 282 g/mol. The summed E-state index contributed by atoms with van der Waals surface area (Å²) in [6.07, 6.45) is 6.60. The first-order chi connectivity index (χ1) is 10.1. The summed E-state index contributed by atoms with van der Waals surface area (Å²) < 4.78 is 17.5. The van der Waals surface area contributed by atoms with Crippen molar-refractivity contribution in [1.82, 2.24) is 0 Å². The van der Waals surface area contributed by atoms with Crippen molar-refractivity contribution >= 4 is 9.73 Å². The van der Waals surface area contributed by atoms with E-state index in [0.29, 0.717) is 17.6 Å². The number of rotatable bonds is 3. The van der Waals surface area contributed by atoms with Gasteiger partial charge in [0, 0.05) is 11.9 Å². The molecule has 116 valence electrons. The molecule has 4 heteroatoms. The van der Waals surface area contributed by atoms with Crippen molar-refractivity contribution in [2.24, 2.45) is 16.2 Å². The van der Waals surface area contributed by atoms with Gasteiger partial charge in [0.2, 0.25) is 0 Å². The average molecular weight is 307 g/mol. The SMILES string of the molecule is CN=S(=O)(CC1(O)CCCCC[C@H]2C[C@H]21)c1ccccc1. The molecule has 0 aromatic heterocycles. The first kappa shape index (κ1) is 15.0. The number of hydrogen-bond acceptors (Lipinski definition) is 3. The Balaban J connectivity index is 1.88. The van der Waals surface area contributed by atoms with E-state index in [-0.39, 0.29) is 0 Å². The smallest absolute Gasteiger partial charge is 0.0805 e. The Morgan fingerprint density at radius 3 is 2.76 bits per heavy atom. The van der Waals surface area contributed by atoms with Crippen LogP contribution in [-0.4, -0.2) is 27.7 Å². The van der Waals surface area contributed by atoms with Gasteiger partial charge in [0.15, 0.2) is 0 Å². The molecule has 2 saturated carbocycles. The molecule has 0 aliphatic heterocycles. The molecule has 2 aliphatic carbocycles. The third kappa shape index (κ3) is 3.02. The van der Waals surface area contributed by atoms with Crippen molar-refractivity contribution in [2.45, 2.75) is 49.0 Å². The molecule has 2 fully saturated rings. The van der Waals surface area contributed by atoms with Crippen molar-refractivity contribution in [3.63, 3.8) is 0 Å². The molecule has 0 radical (unpaired) electrons. The predicted molar refractivity (Wildman–Crippen MR) is 85.7 cm³/mol. The molecule has 3 nitrogen and oxygen atoms in total. The molecule has 3 rings (SSSR count). The Morgan fingerprint density at radius 1 is 1.29 bits per heavy atom. The van der Waals surface area contributed by atoms with Crippen molar-refractivity contribution in [1.29, 1.82) is 0 Å². The summed E-state index contributed by atoms with van der Waals surface area (Å²) in [6.45, 7) is 0. The van der Waals surface area contributed by atoms with E-state index in [1.54, 1.807) is 7.05 Å². The second-order valence-electron chi connectivity index (χ2n) is 6.59. The van der Waals surface area contributed by atoms with Gasteiger partial charge >= 0.3 is 0 Å². The Bertz CT molecular complexity index is 606. The average Bonchev–Trinajstić information content (AvgIpc) is 3.26. The standard InChI is InChI=1S/C17H25NO2S/c1-18-21(20,15-9-5-2-6-10-15)13-17(19)11-7-3-4-8-14-12-16(14)17/h2,5-6,9-10,14,16,19H,3-4,7-8,11-13H2,1H3/t14-,16+,17?,21?/m0/s1. The maximum atomic E-state index is 13.3. The van der Waals surface area contributed by atoms with Crippen LogP contribution in [0, 0.1) is 11.8 Å². The van der Waals surface area contributed by atoms with Crippen LogP contribution in [0.3, 0.4) is 0 Å². The van der Waals surface area contributed by atoms with Crippen LogP contribution in [0.1, 0.15) is 38.5 Å². The fourth-order valence-electron chi connectivity index (χ4n) is 3.83. The van der Waals surface area contributed by atoms with Gasteiger partial charge in [-0.25, -0.2) is 8.57 Å². The maximum Gasteiger partial charge on any atom is 0.0805 e. The molecule has 1 aromatic rings. The summed E-state index contributed by atoms with van der Waals surface area (Å²) in [7, 11) is -0.906. The summed E-state index contributed by atoms with van der Waals surface area (Å²) in [4.78, 5) is 0.750. The molecule has 0 amide bonds. The van der Waals surface area contributed by atoms with Crippen LogP contribution in [-0.2, 0) is 9.73 Å². The zero-order valence-electron chi connectivity index (χ0n) is 12.7. The second kappa shape index (κ2) is 5.73. The Hall–Kier alpha value is -0.870. The number of fused-ring (bicyclic) bond motifs is 1. The van der Waals surface area contributed by atoms with Crippen LogP contribution in [0.2, 0.25) is 0 Å². The summed E-state index contributed by atoms with van der Waals surface area (Å²) in [5, 5.41) is 11.2. The van der Waals surface area contributed by atoms with Crippen molar-refractivity contribution in [3.05, 3.63) is 30.3 Å². The zero-order valence-corrected chi connectivity index (χ0v) is 13.5. The highest BCUT2D eigenvalue weighted by molar-refractivity contribution is 7.93. The first-order valence-corrected chi connectivity index (χ1v) is 9.66. The largest absolute Gasteiger partial charge is 0.389 e. The molecular formula is C17H25NO2S. The minimum Gasteiger partial charge on any atom is -0.389 e. The molecule has 0 spiro atoms. The van der Waals surface area contributed by atoms with Crippen LogP contribution in [0.15, 0.2) is 39.6 Å². The lowest BCUT2D eigenvalue weighted by atomic mass is 9.88. The van der Waals surface area contributed by atoms with Gasteiger partial charge in [-0.15, -0.1) is 0 Å². The van der Waals surface area contributed by atoms with Crippen molar-refractivity contribution < 1.29 is 9.32 Å². The molecule has 2 unspecified atom stereocenters. The third-order valence-electron chi connectivity index (χ3n) is 5.15. The lowest BCUT2D eigenvalue weighted by Crippen LogP contribution is -2.40. The van der Waals surface area contributed by atoms with Crippen LogP contribution in [0.5, 0.6) is 0 Å². The fraction of sp³-hybridized carbons (Fsp3) is 0.647. The number of nitrogens with zero attached hydrogens (tertiary/aromatic N) is 1. The van der Waals surface area contributed by atoms with Crippen molar-refractivity contribution in [3.8, 4) is 0 Å². The van der Waals surface area contributed by atoms with E-state index >= 15 is 0 Å². The molecule has 0 heterocycles. The summed E-state index contributed by atoms with van der Waals surface area (Å²) in [5.41, 5.74) is -0.794. The Labute approximate surface area is 128 Å². The fourth-order valence-corrected chi connectivity index (χ4v) is 5.95. The number of benzene rings is 1. The van der Waals surface area contributed by atoms with Gasteiger partial charge < -0.3 is 5.11 Å². The molecule has 0 saturated heterocycles. The molecule has 21 heavy (non-hydrogen) atoms. The van der Waals surface area contributed by atoms with E-state index in [1.165, 1.54) is 19.3 Å². The van der Waals surface area contributed by atoms with Gasteiger partial charge in [-0.05, 0) is 36.8 Å². The van der Waals surface area contributed by atoms with Gasteiger partial charge in [-0.3, -0.25) is 0 Å². The maximum absolute atomic E-state index is 13.3. The highest BCUT2D eigenvalue weighted by atomic mass is 32.2.